The van der Waals surface area contributed by atoms with E-state index in [0.717, 1.165) is 44.6 Å². The highest BCUT2D eigenvalue weighted by molar-refractivity contribution is 6.14. The third-order valence-corrected chi connectivity index (χ3v) is 11.9. The Bertz CT molecular complexity index is 3050. The van der Waals surface area contributed by atoms with E-state index in [9.17, 15) is 0 Å². The first kappa shape index (κ1) is 34.0. The second-order valence-electron chi connectivity index (χ2n) is 15.6. The van der Waals surface area contributed by atoms with Crippen molar-refractivity contribution in [1.29, 1.82) is 0 Å². The fourth-order valence-electron chi connectivity index (χ4n) is 9.18. The molecule has 11 rings (SSSR count). The third-order valence-electron chi connectivity index (χ3n) is 11.9. The van der Waals surface area contributed by atoms with E-state index in [1.54, 1.807) is 6.20 Å². The van der Waals surface area contributed by atoms with Gasteiger partial charge in [-0.05, 0) is 69.8 Å². The third kappa shape index (κ3) is 5.36. The van der Waals surface area contributed by atoms with Crippen LogP contribution in [-0.4, -0.2) is 37.3 Å². The Morgan fingerprint density at radius 3 is 1.97 bits per heavy atom. The van der Waals surface area contributed by atoms with Crippen LogP contribution in [0, 0.1) is 0 Å². The van der Waals surface area contributed by atoms with E-state index >= 15 is 0 Å². The number of pyridine rings is 1. The number of allylic oxidation sites excluding steroid dienone is 1. The van der Waals surface area contributed by atoms with Gasteiger partial charge in [0.15, 0.2) is 11.6 Å². The summed E-state index contributed by atoms with van der Waals surface area (Å²) in [6, 6.07) is 52.4. The number of aromatic nitrogens is 5. The summed E-state index contributed by atoms with van der Waals surface area (Å²) in [5.41, 5.74) is 14.6. The summed E-state index contributed by atoms with van der Waals surface area (Å²) in [4.78, 5) is 24.4. The van der Waals surface area contributed by atoms with E-state index in [4.69, 9.17) is 15.0 Å². The fourth-order valence-corrected chi connectivity index (χ4v) is 9.18. The lowest BCUT2D eigenvalue weighted by atomic mass is 9.81. The van der Waals surface area contributed by atoms with Crippen molar-refractivity contribution in [2.45, 2.75) is 25.2 Å². The first-order valence-electron chi connectivity index (χ1n) is 19.8. The quantitative estimate of drug-likeness (QED) is 0.170. The molecule has 1 atom stereocenters. The minimum absolute atomic E-state index is 0.0733. The van der Waals surface area contributed by atoms with E-state index in [2.05, 4.69) is 168 Å². The molecular formula is C52H38N6. The average molecular weight is 747 g/mol. The molecule has 0 N–H and O–H groups in total. The predicted octanol–water partition coefficient (Wildman–Crippen LogP) is 12.1. The molecule has 0 amide bonds. The lowest BCUT2D eigenvalue weighted by Gasteiger charge is -2.26. The van der Waals surface area contributed by atoms with Crippen molar-refractivity contribution in [3.63, 3.8) is 0 Å². The van der Waals surface area contributed by atoms with Crippen LogP contribution < -0.4 is 0 Å². The SMILES string of the molecule is CC1(C)c2ccccc2-c2ccc3c4ccccc4n(-c4c(-c5ccccc5)cc(-c5nc(-c6cccnc6)nc(C6C=CC=NC6)n5)cc4-c4ccccc4)c3c21. The van der Waals surface area contributed by atoms with Gasteiger partial charge in [0.1, 0.15) is 5.82 Å². The molecule has 1 aliphatic carbocycles. The molecule has 4 heterocycles. The summed E-state index contributed by atoms with van der Waals surface area (Å²) in [7, 11) is 0. The summed E-state index contributed by atoms with van der Waals surface area (Å²) < 4.78 is 2.55. The van der Waals surface area contributed by atoms with Crippen LogP contribution in [0.1, 0.15) is 36.7 Å². The Hall–Kier alpha value is -7.31. The van der Waals surface area contributed by atoms with Crippen LogP contribution in [0.5, 0.6) is 0 Å². The standard InChI is InChI=1S/C52H38N6/c1-52(2)44-23-11-9-21-38(44)40-25-26-41-39-22-10-12-24-45(39)58(48(41)46(40)52)47-42(33-15-5-3-6-16-33)29-37(30-43(47)34-17-7-4-8-18-34)51-56-49(35-19-13-27-53-31-35)55-50(57-51)36-20-14-28-54-32-36/h3-31,36H,32H2,1-2H3. The van der Waals surface area contributed by atoms with Gasteiger partial charge in [-0.15, -0.1) is 0 Å². The Kier molecular flexibility index (Phi) is 7.86. The van der Waals surface area contributed by atoms with E-state index in [-0.39, 0.29) is 11.3 Å². The molecule has 3 aromatic heterocycles. The first-order chi connectivity index (χ1) is 28.5. The van der Waals surface area contributed by atoms with Gasteiger partial charge >= 0.3 is 0 Å². The van der Waals surface area contributed by atoms with Crippen LogP contribution in [0.2, 0.25) is 0 Å². The van der Waals surface area contributed by atoms with Gasteiger partial charge in [0, 0.05) is 57.0 Å². The molecule has 1 unspecified atom stereocenters. The number of fused-ring (bicyclic) bond motifs is 7. The van der Waals surface area contributed by atoms with Crippen LogP contribution in [0.15, 0.2) is 175 Å². The Morgan fingerprint density at radius 1 is 0.586 bits per heavy atom. The van der Waals surface area contributed by atoms with Gasteiger partial charge in [-0.1, -0.05) is 135 Å². The molecule has 0 fully saturated rings. The molecule has 0 saturated carbocycles. The van der Waals surface area contributed by atoms with Gasteiger partial charge < -0.3 is 4.57 Å². The summed E-state index contributed by atoms with van der Waals surface area (Å²) in [6.45, 7) is 5.33. The zero-order chi connectivity index (χ0) is 38.8. The molecule has 0 bridgehead atoms. The minimum atomic E-state index is -0.237. The first-order valence-corrected chi connectivity index (χ1v) is 19.8. The molecule has 276 valence electrons. The number of para-hydroxylation sites is 1. The van der Waals surface area contributed by atoms with E-state index < -0.39 is 0 Å². The van der Waals surface area contributed by atoms with Crippen LogP contribution >= 0.6 is 0 Å². The van der Waals surface area contributed by atoms with Gasteiger partial charge in [-0.2, -0.15) is 0 Å². The van der Waals surface area contributed by atoms with Crippen molar-refractivity contribution in [2.24, 2.45) is 4.99 Å². The summed E-state index contributed by atoms with van der Waals surface area (Å²) in [5.74, 6) is 1.80. The van der Waals surface area contributed by atoms with Crippen molar-refractivity contribution >= 4 is 28.0 Å². The number of nitrogens with zero attached hydrogens (tertiary/aromatic N) is 6. The van der Waals surface area contributed by atoms with Crippen molar-refractivity contribution in [3.05, 3.63) is 187 Å². The summed E-state index contributed by atoms with van der Waals surface area (Å²) >= 11 is 0. The zero-order valence-corrected chi connectivity index (χ0v) is 32.2. The molecule has 6 aromatic carbocycles. The number of benzene rings is 6. The molecule has 0 saturated heterocycles. The van der Waals surface area contributed by atoms with E-state index in [1.807, 2.05) is 30.6 Å². The average Bonchev–Trinajstić information content (AvgIpc) is 3.75. The highest BCUT2D eigenvalue weighted by atomic mass is 15.0. The topological polar surface area (TPSA) is 68.8 Å². The van der Waals surface area contributed by atoms with Crippen LogP contribution in [0.3, 0.4) is 0 Å². The van der Waals surface area contributed by atoms with Gasteiger partial charge in [0.25, 0.3) is 0 Å². The lowest BCUT2D eigenvalue weighted by Crippen LogP contribution is -2.17. The number of hydrogen-bond donors (Lipinski definition) is 0. The van der Waals surface area contributed by atoms with E-state index in [1.165, 1.54) is 38.5 Å². The lowest BCUT2D eigenvalue weighted by molar-refractivity contribution is 0.664. The molecular weight excluding hydrogens is 709 g/mol. The fraction of sp³-hybridized carbons (Fsp3) is 0.0962. The number of rotatable bonds is 6. The molecule has 1 aliphatic heterocycles. The number of aliphatic imine (C=N–C) groups is 1. The second kappa shape index (κ2) is 13.4. The normalized spacial score (nSPS) is 15.2. The number of hydrogen-bond acceptors (Lipinski definition) is 5. The second-order valence-corrected chi connectivity index (χ2v) is 15.6. The summed E-state index contributed by atoms with van der Waals surface area (Å²) in [5, 5.41) is 2.46. The van der Waals surface area contributed by atoms with Crippen molar-refractivity contribution in [2.75, 3.05) is 6.54 Å². The minimum Gasteiger partial charge on any atom is -0.308 e. The Balaban J connectivity index is 1.27. The van der Waals surface area contributed by atoms with Crippen molar-refractivity contribution < 1.29 is 0 Å². The van der Waals surface area contributed by atoms with Crippen molar-refractivity contribution in [3.8, 4) is 61.8 Å². The number of dihydropyridines is 1. The van der Waals surface area contributed by atoms with Crippen molar-refractivity contribution in [1.82, 2.24) is 24.5 Å². The highest BCUT2D eigenvalue weighted by Gasteiger charge is 2.39. The molecule has 0 radical (unpaired) electrons. The maximum Gasteiger partial charge on any atom is 0.165 e. The summed E-state index contributed by atoms with van der Waals surface area (Å²) in [6.07, 6.45) is 9.51. The maximum atomic E-state index is 5.23. The van der Waals surface area contributed by atoms with Crippen LogP contribution in [0.4, 0.5) is 0 Å². The Morgan fingerprint density at radius 2 is 1.26 bits per heavy atom. The molecule has 2 aliphatic rings. The zero-order valence-electron chi connectivity index (χ0n) is 32.2. The molecule has 9 aromatic rings. The Labute approximate surface area is 337 Å². The van der Waals surface area contributed by atoms with E-state index in [0.29, 0.717) is 24.0 Å². The predicted molar refractivity (Wildman–Crippen MR) is 237 cm³/mol. The highest BCUT2D eigenvalue weighted by Crippen LogP contribution is 2.54. The smallest absolute Gasteiger partial charge is 0.165 e. The van der Waals surface area contributed by atoms with Crippen LogP contribution in [-0.2, 0) is 5.41 Å². The van der Waals surface area contributed by atoms with Gasteiger partial charge in [0.05, 0.1) is 29.2 Å². The van der Waals surface area contributed by atoms with Gasteiger partial charge in [-0.3, -0.25) is 9.98 Å². The molecule has 6 heteroatoms. The maximum absolute atomic E-state index is 5.23. The molecule has 6 nitrogen and oxygen atoms in total. The van der Waals surface area contributed by atoms with Crippen LogP contribution in [0.25, 0.3) is 83.6 Å². The largest absolute Gasteiger partial charge is 0.308 e. The van der Waals surface area contributed by atoms with Gasteiger partial charge in [0.2, 0.25) is 0 Å². The van der Waals surface area contributed by atoms with Gasteiger partial charge in [-0.25, -0.2) is 15.0 Å². The molecule has 0 spiro atoms. The molecule has 58 heavy (non-hydrogen) atoms. The monoisotopic (exact) mass is 746 g/mol.